The molecule has 22 heavy (non-hydrogen) atoms. The lowest BCUT2D eigenvalue weighted by atomic mass is 9.80. The van der Waals surface area contributed by atoms with E-state index < -0.39 is 0 Å². The van der Waals surface area contributed by atoms with Crippen LogP contribution in [-0.2, 0) is 6.42 Å². The highest BCUT2D eigenvalue weighted by molar-refractivity contribution is 5.81. The Morgan fingerprint density at radius 2 is 1.95 bits per heavy atom. The number of aromatic nitrogens is 1. The number of para-hydroxylation sites is 1. The Labute approximate surface area is 134 Å². The molecule has 1 unspecified atom stereocenters. The average molecular weight is 296 g/mol. The van der Waals surface area contributed by atoms with Crippen molar-refractivity contribution in [1.29, 1.82) is 0 Å². The Morgan fingerprint density at radius 1 is 1.14 bits per heavy atom. The molecule has 2 aromatic rings. The van der Waals surface area contributed by atoms with Crippen molar-refractivity contribution in [1.82, 2.24) is 9.88 Å². The van der Waals surface area contributed by atoms with E-state index in [2.05, 4.69) is 61.0 Å². The maximum absolute atomic E-state index is 4.48. The zero-order valence-electron chi connectivity index (χ0n) is 14.2. The summed E-state index contributed by atoms with van der Waals surface area (Å²) >= 11 is 0. The van der Waals surface area contributed by atoms with Crippen LogP contribution in [-0.4, -0.2) is 29.0 Å². The highest BCUT2D eigenvalue weighted by Crippen LogP contribution is 2.32. The van der Waals surface area contributed by atoms with Crippen LogP contribution in [0.1, 0.15) is 45.6 Å². The van der Waals surface area contributed by atoms with Crippen LogP contribution in [0.5, 0.6) is 0 Å². The molecule has 118 valence electrons. The van der Waals surface area contributed by atoms with E-state index in [0.717, 1.165) is 18.5 Å². The van der Waals surface area contributed by atoms with Crippen LogP contribution in [0.15, 0.2) is 36.5 Å². The highest BCUT2D eigenvalue weighted by Gasteiger charge is 2.31. The third-order valence-corrected chi connectivity index (χ3v) is 5.02. The molecule has 0 bridgehead atoms. The highest BCUT2D eigenvalue weighted by atomic mass is 15.2. The lowest BCUT2D eigenvalue weighted by Crippen LogP contribution is -2.47. The van der Waals surface area contributed by atoms with Gasteiger partial charge in [0.2, 0.25) is 0 Å². The number of fused-ring (bicyclic) bond motifs is 1. The van der Waals surface area contributed by atoms with Crippen molar-refractivity contribution in [3.05, 3.63) is 42.1 Å². The van der Waals surface area contributed by atoms with E-state index in [0.29, 0.717) is 11.5 Å². The number of benzene rings is 1. The number of likely N-dealkylation sites (tertiary alicyclic amines) is 1. The number of hydrogen-bond acceptors (Lipinski definition) is 2. The predicted molar refractivity (Wildman–Crippen MR) is 94.1 cm³/mol. The van der Waals surface area contributed by atoms with E-state index in [1.165, 1.54) is 36.8 Å². The predicted octanol–water partition coefficient (Wildman–Crippen LogP) is 4.68. The standard InChI is InChI=1S/C20H28N2/c1-20(2,3)19-10-6-7-14-22(19)15-12-16-11-13-21-18-9-5-4-8-17(16)18/h4-5,8-9,11,13,19H,6-7,10,12,14-15H2,1-3H3. The Bertz CT molecular complexity index is 622. The Kier molecular flexibility index (Phi) is 4.49. The summed E-state index contributed by atoms with van der Waals surface area (Å²) in [6.45, 7) is 9.58. The molecule has 1 fully saturated rings. The molecule has 2 heteroatoms. The molecule has 1 atom stereocenters. The van der Waals surface area contributed by atoms with Gasteiger partial charge in [0, 0.05) is 24.2 Å². The molecule has 1 aromatic heterocycles. The smallest absolute Gasteiger partial charge is 0.0704 e. The average Bonchev–Trinajstić information content (AvgIpc) is 2.52. The number of nitrogens with zero attached hydrogens (tertiary/aromatic N) is 2. The van der Waals surface area contributed by atoms with Crippen molar-refractivity contribution in [2.45, 2.75) is 52.5 Å². The molecule has 0 aliphatic carbocycles. The minimum absolute atomic E-state index is 0.376. The molecule has 2 heterocycles. The van der Waals surface area contributed by atoms with Crippen molar-refractivity contribution < 1.29 is 0 Å². The molecule has 3 rings (SSSR count). The van der Waals surface area contributed by atoms with Crippen LogP contribution >= 0.6 is 0 Å². The molecular weight excluding hydrogens is 268 g/mol. The lowest BCUT2D eigenvalue weighted by Gasteiger charge is -2.43. The fourth-order valence-electron chi connectivity index (χ4n) is 3.88. The zero-order valence-corrected chi connectivity index (χ0v) is 14.2. The van der Waals surface area contributed by atoms with Gasteiger partial charge in [0.1, 0.15) is 0 Å². The van der Waals surface area contributed by atoms with E-state index in [1.807, 2.05) is 6.20 Å². The van der Waals surface area contributed by atoms with Crippen LogP contribution < -0.4 is 0 Å². The van der Waals surface area contributed by atoms with Crippen molar-refractivity contribution in [2.24, 2.45) is 5.41 Å². The molecule has 2 nitrogen and oxygen atoms in total. The largest absolute Gasteiger partial charge is 0.300 e. The summed E-state index contributed by atoms with van der Waals surface area (Å²) < 4.78 is 0. The van der Waals surface area contributed by atoms with Crippen LogP contribution in [0.3, 0.4) is 0 Å². The second-order valence-electron chi connectivity index (χ2n) is 7.65. The first kappa shape index (κ1) is 15.5. The van der Waals surface area contributed by atoms with E-state index in [1.54, 1.807) is 0 Å². The van der Waals surface area contributed by atoms with Crippen LogP contribution in [0, 0.1) is 5.41 Å². The SMILES string of the molecule is CC(C)(C)C1CCCCN1CCc1ccnc2ccccc12. The van der Waals surface area contributed by atoms with E-state index in [-0.39, 0.29) is 0 Å². The molecule has 1 aliphatic rings. The monoisotopic (exact) mass is 296 g/mol. The van der Waals surface area contributed by atoms with Gasteiger partial charge in [-0.15, -0.1) is 0 Å². The number of piperidine rings is 1. The summed E-state index contributed by atoms with van der Waals surface area (Å²) in [6, 6.07) is 11.4. The molecule has 0 saturated carbocycles. The van der Waals surface area contributed by atoms with Gasteiger partial charge in [0.25, 0.3) is 0 Å². The van der Waals surface area contributed by atoms with Gasteiger partial charge in [-0.3, -0.25) is 9.88 Å². The maximum Gasteiger partial charge on any atom is 0.0704 e. The van der Waals surface area contributed by atoms with Gasteiger partial charge in [0.05, 0.1) is 5.52 Å². The molecule has 1 aromatic carbocycles. The van der Waals surface area contributed by atoms with Crippen molar-refractivity contribution in [3.63, 3.8) is 0 Å². The second kappa shape index (κ2) is 6.37. The number of pyridine rings is 1. The molecule has 0 spiro atoms. The van der Waals surface area contributed by atoms with Crippen molar-refractivity contribution in [2.75, 3.05) is 13.1 Å². The molecule has 0 radical (unpaired) electrons. The Balaban J connectivity index is 1.75. The first-order valence-electron chi connectivity index (χ1n) is 8.62. The third kappa shape index (κ3) is 3.33. The number of hydrogen-bond donors (Lipinski definition) is 0. The molecule has 0 N–H and O–H groups in total. The number of rotatable bonds is 3. The fraction of sp³-hybridized carbons (Fsp3) is 0.550. The Morgan fingerprint density at radius 3 is 2.77 bits per heavy atom. The molecule has 1 saturated heterocycles. The van der Waals surface area contributed by atoms with E-state index in [4.69, 9.17) is 0 Å². The summed E-state index contributed by atoms with van der Waals surface area (Å²) in [6.07, 6.45) is 7.16. The van der Waals surface area contributed by atoms with Gasteiger partial charge in [-0.2, -0.15) is 0 Å². The van der Waals surface area contributed by atoms with Crippen LogP contribution in [0.25, 0.3) is 10.9 Å². The molecular formula is C20H28N2. The van der Waals surface area contributed by atoms with Gasteiger partial charge in [-0.1, -0.05) is 45.4 Å². The summed E-state index contributed by atoms with van der Waals surface area (Å²) in [5, 5.41) is 1.31. The first-order chi connectivity index (χ1) is 10.6. The summed E-state index contributed by atoms with van der Waals surface area (Å²) in [7, 11) is 0. The van der Waals surface area contributed by atoms with Gasteiger partial charge < -0.3 is 0 Å². The zero-order chi connectivity index (χ0) is 15.6. The van der Waals surface area contributed by atoms with E-state index >= 15 is 0 Å². The van der Waals surface area contributed by atoms with Crippen molar-refractivity contribution >= 4 is 10.9 Å². The topological polar surface area (TPSA) is 16.1 Å². The minimum Gasteiger partial charge on any atom is -0.300 e. The molecule has 1 aliphatic heterocycles. The van der Waals surface area contributed by atoms with Crippen LogP contribution in [0.2, 0.25) is 0 Å². The quantitative estimate of drug-likeness (QED) is 0.817. The van der Waals surface area contributed by atoms with Gasteiger partial charge in [-0.05, 0) is 48.9 Å². The van der Waals surface area contributed by atoms with Gasteiger partial charge in [0.15, 0.2) is 0 Å². The van der Waals surface area contributed by atoms with Crippen molar-refractivity contribution in [3.8, 4) is 0 Å². The Hall–Kier alpha value is -1.41. The van der Waals surface area contributed by atoms with E-state index in [9.17, 15) is 0 Å². The normalized spacial score (nSPS) is 20.4. The summed E-state index contributed by atoms with van der Waals surface area (Å²) in [5.41, 5.74) is 2.93. The van der Waals surface area contributed by atoms with Crippen LogP contribution in [0.4, 0.5) is 0 Å². The summed E-state index contributed by atoms with van der Waals surface area (Å²) in [4.78, 5) is 7.20. The third-order valence-electron chi connectivity index (χ3n) is 5.02. The fourth-order valence-corrected chi connectivity index (χ4v) is 3.88. The van der Waals surface area contributed by atoms with Gasteiger partial charge >= 0.3 is 0 Å². The second-order valence-corrected chi connectivity index (χ2v) is 7.65. The lowest BCUT2D eigenvalue weighted by molar-refractivity contribution is 0.0650. The first-order valence-corrected chi connectivity index (χ1v) is 8.62. The minimum atomic E-state index is 0.376. The maximum atomic E-state index is 4.48. The summed E-state index contributed by atoms with van der Waals surface area (Å²) in [5.74, 6) is 0. The van der Waals surface area contributed by atoms with Gasteiger partial charge in [-0.25, -0.2) is 0 Å². The molecule has 0 amide bonds.